The van der Waals surface area contributed by atoms with Crippen molar-refractivity contribution < 1.29 is 14.5 Å². The molecule has 1 unspecified atom stereocenters. The lowest BCUT2D eigenvalue weighted by molar-refractivity contribution is -0.438. The van der Waals surface area contributed by atoms with Gasteiger partial charge in [-0.3, -0.25) is 4.79 Å². The number of hydrogen-bond donors (Lipinski definition) is 1. The van der Waals surface area contributed by atoms with Crippen LogP contribution in [0, 0.1) is 5.92 Å². The van der Waals surface area contributed by atoms with Gasteiger partial charge in [0.25, 0.3) is 0 Å². The number of carbonyl (C=O) groups is 1. The number of unbranched alkanes of at least 4 members (excludes halogenated alkanes) is 8. The second kappa shape index (κ2) is 15.4. The van der Waals surface area contributed by atoms with Gasteiger partial charge in [0.1, 0.15) is 18.1 Å². The minimum absolute atomic E-state index is 0.0797. The van der Waals surface area contributed by atoms with Gasteiger partial charge in [0.2, 0.25) is 11.5 Å². The van der Waals surface area contributed by atoms with Crippen molar-refractivity contribution in [1.82, 2.24) is 4.98 Å². The highest BCUT2D eigenvalue weighted by Crippen LogP contribution is 2.49. The molecule has 1 atom stereocenters. The number of aliphatic hydroxyl groups excluding tert-OH is 1. The standard InChI is InChI=1S/C43H59N3O2/c1-8-11-13-14-15-16-17-20-27-45-36-25-19-18-23-34(36)42(4,5)37(45)28-32-39(47)33(40(32)48)29-38-43(6,7)35-24-21-26-44-41(35)46(38)30-31(10-3)22-12-9-2/h18-19,21,23-26,28-29,31H,8-17,20,22,27,30H2,1-7H3/p+1. The van der Waals surface area contributed by atoms with Crippen molar-refractivity contribution in [2.45, 2.75) is 136 Å². The molecule has 3 aliphatic rings. The Hall–Kier alpha value is -3.47. The second-order valence-corrected chi connectivity index (χ2v) is 15.4. The van der Waals surface area contributed by atoms with E-state index in [1.165, 1.54) is 81.0 Å². The van der Waals surface area contributed by atoms with E-state index in [2.05, 4.69) is 88.3 Å². The van der Waals surface area contributed by atoms with E-state index in [1.54, 1.807) is 0 Å². The van der Waals surface area contributed by atoms with Gasteiger partial charge in [-0.25, -0.2) is 4.98 Å². The van der Waals surface area contributed by atoms with E-state index in [9.17, 15) is 9.90 Å². The van der Waals surface area contributed by atoms with Crippen LogP contribution in [0.5, 0.6) is 0 Å². The van der Waals surface area contributed by atoms with Crippen molar-refractivity contribution in [1.29, 1.82) is 0 Å². The third kappa shape index (κ3) is 6.98. The third-order valence-electron chi connectivity index (χ3n) is 11.2. The number of para-hydroxylation sites is 1. The highest BCUT2D eigenvalue weighted by molar-refractivity contribution is 6.24. The van der Waals surface area contributed by atoms with E-state index >= 15 is 0 Å². The van der Waals surface area contributed by atoms with E-state index in [4.69, 9.17) is 4.98 Å². The Kier molecular flexibility index (Phi) is 11.5. The molecule has 1 aromatic carbocycles. The average molecular weight is 651 g/mol. The summed E-state index contributed by atoms with van der Waals surface area (Å²) in [6.07, 6.45) is 20.6. The molecule has 0 amide bonds. The molecule has 2 aliphatic heterocycles. The second-order valence-electron chi connectivity index (χ2n) is 15.4. The van der Waals surface area contributed by atoms with Crippen LogP contribution >= 0.6 is 0 Å². The van der Waals surface area contributed by atoms with E-state index in [-0.39, 0.29) is 22.4 Å². The molecule has 1 N–H and O–H groups in total. The Bertz CT molecular complexity index is 1610. The summed E-state index contributed by atoms with van der Waals surface area (Å²) < 4.78 is 2.40. The highest BCUT2D eigenvalue weighted by atomic mass is 16.3. The Balaban J connectivity index is 1.45. The molecule has 48 heavy (non-hydrogen) atoms. The van der Waals surface area contributed by atoms with Gasteiger partial charge in [-0.1, -0.05) is 117 Å². The number of carbonyl (C=O) groups excluding carboxylic acids is 1. The van der Waals surface area contributed by atoms with Crippen LogP contribution in [-0.2, 0) is 15.6 Å². The Labute approximate surface area is 290 Å². The first-order valence-corrected chi connectivity index (χ1v) is 19.0. The monoisotopic (exact) mass is 650 g/mol. The van der Waals surface area contributed by atoms with Crippen LogP contribution in [0.1, 0.15) is 137 Å². The van der Waals surface area contributed by atoms with Gasteiger partial charge in [-0.05, 0) is 44.7 Å². The van der Waals surface area contributed by atoms with E-state index < -0.39 is 0 Å². The summed E-state index contributed by atoms with van der Waals surface area (Å²) in [5, 5.41) is 11.6. The van der Waals surface area contributed by atoms with Crippen LogP contribution < -0.4 is 4.90 Å². The number of anilines is 1. The van der Waals surface area contributed by atoms with Crippen LogP contribution in [0.4, 0.5) is 11.5 Å². The number of Topliss-reactive ketones (excluding diaryl/α,β-unsaturated/α-hetero) is 1. The zero-order valence-electron chi connectivity index (χ0n) is 30.9. The SMILES string of the molecule is CCCCCCCCCC[N+]1=C(/C=C2/C(=O)C(/C=C3\N(CC(CC)CCCC)c4ncccc4C3(C)C)=C2O)C(C)(C)c2ccccc21. The summed E-state index contributed by atoms with van der Waals surface area (Å²) in [5.74, 6) is 1.53. The zero-order valence-corrected chi connectivity index (χ0v) is 30.9. The average Bonchev–Trinajstić information content (AvgIpc) is 3.43. The maximum Gasteiger partial charge on any atom is 0.209 e. The first-order chi connectivity index (χ1) is 23.1. The predicted molar refractivity (Wildman–Crippen MR) is 201 cm³/mol. The van der Waals surface area contributed by atoms with Crippen LogP contribution in [0.2, 0.25) is 0 Å². The van der Waals surface area contributed by atoms with Gasteiger partial charge >= 0.3 is 0 Å². The fraction of sp³-hybridized carbons (Fsp3) is 0.558. The number of fused-ring (bicyclic) bond motifs is 2. The van der Waals surface area contributed by atoms with Crippen LogP contribution in [0.3, 0.4) is 0 Å². The van der Waals surface area contributed by atoms with Crippen molar-refractivity contribution in [3.05, 3.63) is 88.5 Å². The molecule has 0 saturated carbocycles. The Morgan fingerprint density at radius 1 is 0.833 bits per heavy atom. The number of aromatic nitrogens is 1. The smallest absolute Gasteiger partial charge is 0.209 e. The van der Waals surface area contributed by atoms with E-state index in [1.807, 2.05) is 24.4 Å². The van der Waals surface area contributed by atoms with Crippen LogP contribution in [0.15, 0.2) is 77.3 Å². The number of ketones is 1. The number of rotatable bonds is 17. The lowest BCUT2D eigenvalue weighted by atomic mass is 9.77. The number of allylic oxidation sites excluding steroid dienone is 5. The van der Waals surface area contributed by atoms with Crippen LogP contribution in [0.25, 0.3) is 0 Å². The summed E-state index contributed by atoms with van der Waals surface area (Å²) in [6, 6.07) is 12.8. The van der Waals surface area contributed by atoms with Gasteiger partial charge in [-0.2, -0.15) is 4.58 Å². The largest absolute Gasteiger partial charge is 0.506 e. The van der Waals surface area contributed by atoms with Gasteiger partial charge in [0.15, 0.2) is 5.71 Å². The minimum atomic E-state index is -0.337. The summed E-state index contributed by atoms with van der Waals surface area (Å²) in [6.45, 7) is 17.5. The first-order valence-electron chi connectivity index (χ1n) is 19.0. The molecule has 5 heteroatoms. The molecule has 0 radical (unpaired) electrons. The number of benzene rings is 1. The minimum Gasteiger partial charge on any atom is -0.506 e. The van der Waals surface area contributed by atoms with Crippen molar-refractivity contribution in [3.63, 3.8) is 0 Å². The van der Waals surface area contributed by atoms with Crippen molar-refractivity contribution in [3.8, 4) is 0 Å². The summed E-state index contributed by atoms with van der Waals surface area (Å²) in [5.41, 5.74) is 6.01. The molecular weight excluding hydrogens is 590 g/mol. The number of pyridine rings is 1. The summed E-state index contributed by atoms with van der Waals surface area (Å²) in [4.78, 5) is 21.1. The molecule has 2 aromatic rings. The lowest BCUT2D eigenvalue weighted by Gasteiger charge is -2.31. The van der Waals surface area contributed by atoms with Crippen molar-refractivity contribution in [2.75, 3.05) is 18.0 Å². The normalized spacial score (nSPS) is 20.1. The molecule has 0 fully saturated rings. The van der Waals surface area contributed by atoms with Gasteiger partial charge in [-0.15, -0.1) is 0 Å². The summed E-state index contributed by atoms with van der Waals surface area (Å²) >= 11 is 0. The molecule has 0 spiro atoms. The summed E-state index contributed by atoms with van der Waals surface area (Å²) in [7, 11) is 0. The topological polar surface area (TPSA) is 56.4 Å². The molecule has 1 aromatic heterocycles. The van der Waals surface area contributed by atoms with E-state index in [0.717, 1.165) is 43.2 Å². The Morgan fingerprint density at radius 3 is 2.19 bits per heavy atom. The Morgan fingerprint density at radius 2 is 1.50 bits per heavy atom. The zero-order chi connectivity index (χ0) is 34.5. The number of aliphatic hydroxyl groups is 1. The molecule has 3 heterocycles. The molecule has 258 valence electrons. The fourth-order valence-corrected chi connectivity index (χ4v) is 8.04. The van der Waals surface area contributed by atoms with Gasteiger partial charge in [0, 0.05) is 53.5 Å². The predicted octanol–water partition coefficient (Wildman–Crippen LogP) is 10.8. The first kappa shape index (κ1) is 35.8. The van der Waals surface area contributed by atoms with Crippen molar-refractivity contribution in [2.24, 2.45) is 5.92 Å². The van der Waals surface area contributed by atoms with Crippen LogP contribution in [-0.4, -0.2) is 39.3 Å². The molecule has 5 nitrogen and oxygen atoms in total. The maximum absolute atomic E-state index is 14.0. The number of hydrogen-bond acceptors (Lipinski definition) is 4. The highest BCUT2D eigenvalue weighted by Gasteiger charge is 2.47. The quantitative estimate of drug-likeness (QED) is 0.105. The van der Waals surface area contributed by atoms with Crippen molar-refractivity contribution >= 4 is 23.0 Å². The third-order valence-corrected chi connectivity index (χ3v) is 11.2. The molecular formula is C43H60N3O2+. The molecule has 5 rings (SSSR count). The van der Waals surface area contributed by atoms with Gasteiger partial charge < -0.3 is 10.0 Å². The molecule has 0 saturated heterocycles. The van der Waals surface area contributed by atoms with Gasteiger partial charge in [0.05, 0.1) is 16.6 Å². The lowest BCUT2D eigenvalue weighted by Crippen LogP contribution is -2.33. The molecule has 0 bridgehead atoms. The number of nitrogens with zero attached hydrogens (tertiary/aromatic N) is 3. The van der Waals surface area contributed by atoms with E-state index in [0.29, 0.717) is 17.1 Å². The maximum atomic E-state index is 14.0. The fourth-order valence-electron chi connectivity index (χ4n) is 8.04. The molecule has 1 aliphatic carbocycles.